The van der Waals surface area contributed by atoms with Gasteiger partial charge in [-0.25, -0.2) is 0 Å². The number of carbonyl (C=O) groups is 1. The Morgan fingerprint density at radius 3 is 2.78 bits per heavy atom. The summed E-state index contributed by atoms with van der Waals surface area (Å²) >= 11 is 4.81. The van der Waals surface area contributed by atoms with Gasteiger partial charge in [-0.3, -0.25) is 4.79 Å². The molecule has 100 valence electrons. The van der Waals surface area contributed by atoms with Gasteiger partial charge >= 0.3 is 0 Å². The molecule has 0 bridgehead atoms. The smallest absolute Gasteiger partial charge is 0.253 e. The summed E-state index contributed by atoms with van der Waals surface area (Å²) in [5.74, 6) is -0.222. The van der Waals surface area contributed by atoms with Crippen LogP contribution in [0.3, 0.4) is 0 Å². The number of anilines is 1. The van der Waals surface area contributed by atoms with Gasteiger partial charge in [-0.15, -0.1) is 0 Å². The molecular formula is C12H17BrN2O2S. The molecule has 0 fully saturated rings. The normalized spacial score (nSPS) is 14.0. The maximum absolute atomic E-state index is 12.0. The molecule has 1 aromatic rings. The van der Waals surface area contributed by atoms with E-state index in [4.69, 9.17) is 10.8 Å². The van der Waals surface area contributed by atoms with Crippen LogP contribution in [0.5, 0.6) is 0 Å². The van der Waals surface area contributed by atoms with Crippen molar-refractivity contribution < 1.29 is 9.90 Å². The fraction of sp³-hybridized carbons (Fsp3) is 0.417. The highest BCUT2D eigenvalue weighted by molar-refractivity contribution is 9.10. The zero-order chi connectivity index (χ0) is 13.7. The number of hydrogen-bond acceptors (Lipinski definition) is 4. The molecule has 0 aliphatic rings. The Morgan fingerprint density at radius 2 is 2.28 bits per heavy atom. The third kappa shape index (κ3) is 3.90. The number of thioether (sulfide) groups is 1. The van der Waals surface area contributed by atoms with Crippen LogP contribution in [0.2, 0.25) is 0 Å². The van der Waals surface area contributed by atoms with E-state index < -0.39 is 0 Å². The lowest BCUT2D eigenvalue weighted by Crippen LogP contribution is -2.41. The molecular weight excluding hydrogens is 316 g/mol. The van der Waals surface area contributed by atoms with Crippen LogP contribution in [0.4, 0.5) is 5.69 Å². The van der Waals surface area contributed by atoms with E-state index in [1.54, 1.807) is 18.2 Å². The topological polar surface area (TPSA) is 75.3 Å². The highest BCUT2D eigenvalue weighted by atomic mass is 79.9. The molecule has 0 saturated carbocycles. The highest BCUT2D eigenvalue weighted by Gasteiger charge is 2.19. The summed E-state index contributed by atoms with van der Waals surface area (Å²) < 4.78 is 0.835. The largest absolute Gasteiger partial charge is 0.398 e. The SMILES string of the molecule is CSC(CO)C(C)NC(=O)c1ccc(Br)cc1N. The number of nitrogen functional groups attached to an aromatic ring is 1. The van der Waals surface area contributed by atoms with E-state index in [1.165, 1.54) is 11.8 Å². The minimum absolute atomic E-state index is 0.0226. The van der Waals surface area contributed by atoms with E-state index in [2.05, 4.69) is 21.2 Å². The van der Waals surface area contributed by atoms with Crippen molar-refractivity contribution in [3.05, 3.63) is 28.2 Å². The zero-order valence-corrected chi connectivity index (χ0v) is 12.7. The van der Waals surface area contributed by atoms with E-state index in [1.807, 2.05) is 13.2 Å². The van der Waals surface area contributed by atoms with Crippen LogP contribution in [0, 0.1) is 0 Å². The van der Waals surface area contributed by atoms with Crippen LogP contribution < -0.4 is 11.1 Å². The van der Waals surface area contributed by atoms with E-state index in [0.29, 0.717) is 11.3 Å². The Morgan fingerprint density at radius 1 is 1.61 bits per heavy atom. The van der Waals surface area contributed by atoms with E-state index >= 15 is 0 Å². The Hall–Kier alpha value is -0.720. The fourth-order valence-corrected chi connectivity index (χ4v) is 2.56. The first kappa shape index (κ1) is 15.3. The molecule has 4 N–H and O–H groups in total. The number of amides is 1. The van der Waals surface area contributed by atoms with Crippen molar-refractivity contribution in [1.82, 2.24) is 5.32 Å². The molecule has 1 amide bonds. The van der Waals surface area contributed by atoms with Gasteiger partial charge in [0, 0.05) is 21.5 Å². The van der Waals surface area contributed by atoms with Crippen LogP contribution in [0.25, 0.3) is 0 Å². The second-order valence-corrected chi connectivity index (χ2v) is 5.94. The molecule has 0 aliphatic carbocycles. The van der Waals surface area contributed by atoms with Gasteiger partial charge in [-0.1, -0.05) is 15.9 Å². The number of rotatable bonds is 5. The lowest BCUT2D eigenvalue weighted by Gasteiger charge is -2.21. The Bertz CT molecular complexity index is 425. The summed E-state index contributed by atoms with van der Waals surface area (Å²) in [6.07, 6.45) is 1.90. The molecule has 4 nitrogen and oxygen atoms in total. The quantitative estimate of drug-likeness (QED) is 0.719. The van der Waals surface area contributed by atoms with Gasteiger partial charge in [0.15, 0.2) is 0 Å². The lowest BCUT2D eigenvalue weighted by molar-refractivity contribution is 0.0937. The molecule has 0 aromatic heterocycles. The summed E-state index contributed by atoms with van der Waals surface area (Å²) in [6.45, 7) is 1.89. The number of halogens is 1. The minimum atomic E-state index is -0.222. The van der Waals surface area contributed by atoms with E-state index in [-0.39, 0.29) is 23.8 Å². The van der Waals surface area contributed by atoms with Crippen molar-refractivity contribution in [2.75, 3.05) is 18.6 Å². The summed E-state index contributed by atoms with van der Waals surface area (Å²) in [6, 6.07) is 5.01. The number of nitrogens with two attached hydrogens (primary N) is 1. The minimum Gasteiger partial charge on any atom is -0.398 e. The second kappa shape index (κ2) is 7.01. The van der Waals surface area contributed by atoms with Gasteiger partial charge in [0.05, 0.1) is 12.2 Å². The first-order valence-electron chi connectivity index (χ1n) is 5.49. The van der Waals surface area contributed by atoms with Crippen LogP contribution in [-0.2, 0) is 0 Å². The van der Waals surface area contributed by atoms with Gasteiger partial charge in [0.25, 0.3) is 5.91 Å². The van der Waals surface area contributed by atoms with Crippen LogP contribution >= 0.6 is 27.7 Å². The molecule has 0 aliphatic heterocycles. The Kier molecular flexibility index (Phi) is 5.98. The number of aliphatic hydroxyl groups excluding tert-OH is 1. The first-order chi connectivity index (χ1) is 8.49. The van der Waals surface area contributed by atoms with Crippen molar-refractivity contribution in [1.29, 1.82) is 0 Å². The Balaban J connectivity index is 2.76. The van der Waals surface area contributed by atoms with Gasteiger partial charge in [-0.05, 0) is 31.4 Å². The van der Waals surface area contributed by atoms with Crippen molar-refractivity contribution in [3.8, 4) is 0 Å². The molecule has 1 rings (SSSR count). The molecule has 0 radical (unpaired) electrons. The van der Waals surface area contributed by atoms with Crippen LogP contribution in [0.15, 0.2) is 22.7 Å². The van der Waals surface area contributed by atoms with Crippen molar-refractivity contribution in [2.45, 2.75) is 18.2 Å². The van der Waals surface area contributed by atoms with Gasteiger partial charge < -0.3 is 16.2 Å². The summed E-state index contributed by atoms with van der Waals surface area (Å²) in [5.41, 5.74) is 6.67. The molecule has 2 unspecified atom stereocenters. The van der Waals surface area contributed by atoms with Crippen LogP contribution in [0.1, 0.15) is 17.3 Å². The van der Waals surface area contributed by atoms with Crippen molar-refractivity contribution >= 4 is 39.3 Å². The highest BCUT2D eigenvalue weighted by Crippen LogP contribution is 2.19. The van der Waals surface area contributed by atoms with E-state index in [0.717, 1.165) is 4.47 Å². The number of carbonyl (C=O) groups excluding carboxylic acids is 1. The molecule has 1 aromatic carbocycles. The predicted molar refractivity (Wildman–Crippen MR) is 79.9 cm³/mol. The number of benzene rings is 1. The van der Waals surface area contributed by atoms with Gasteiger partial charge in [0.1, 0.15) is 0 Å². The van der Waals surface area contributed by atoms with Crippen molar-refractivity contribution in [2.24, 2.45) is 0 Å². The second-order valence-electron chi connectivity index (χ2n) is 3.95. The molecule has 0 saturated heterocycles. The molecule has 2 atom stereocenters. The first-order valence-corrected chi connectivity index (χ1v) is 7.57. The predicted octanol–water partition coefficient (Wildman–Crippen LogP) is 1.87. The average molecular weight is 333 g/mol. The zero-order valence-electron chi connectivity index (χ0n) is 10.3. The van der Waals surface area contributed by atoms with Crippen LogP contribution in [-0.4, -0.2) is 35.2 Å². The maximum Gasteiger partial charge on any atom is 0.253 e. The lowest BCUT2D eigenvalue weighted by atomic mass is 10.1. The molecule has 0 spiro atoms. The number of aliphatic hydroxyl groups is 1. The fourth-order valence-electron chi connectivity index (χ4n) is 1.55. The number of hydrogen-bond donors (Lipinski definition) is 3. The molecule has 6 heteroatoms. The van der Waals surface area contributed by atoms with Gasteiger partial charge in [0.2, 0.25) is 0 Å². The van der Waals surface area contributed by atoms with E-state index in [9.17, 15) is 4.79 Å². The van der Waals surface area contributed by atoms with Gasteiger partial charge in [-0.2, -0.15) is 11.8 Å². The third-order valence-electron chi connectivity index (χ3n) is 2.66. The molecule has 0 heterocycles. The maximum atomic E-state index is 12.0. The Labute approximate surface area is 119 Å². The summed E-state index contributed by atoms with van der Waals surface area (Å²) in [4.78, 5) is 12.0. The van der Waals surface area contributed by atoms with Crippen molar-refractivity contribution in [3.63, 3.8) is 0 Å². The monoisotopic (exact) mass is 332 g/mol. The molecule has 18 heavy (non-hydrogen) atoms. The average Bonchev–Trinajstić information content (AvgIpc) is 2.30. The third-order valence-corrected chi connectivity index (χ3v) is 4.31. The number of nitrogens with one attached hydrogen (secondary N) is 1. The standard InChI is InChI=1S/C12H17BrN2O2S/c1-7(11(6-16)18-2)15-12(17)9-4-3-8(13)5-10(9)14/h3-5,7,11,16H,6,14H2,1-2H3,(H,15,17). The summed E-state index contributed by atoms with van der Waals surface area (Å²) in [7, 11) is 0. The summed E-state index contributed by atoms with van der Waals surface area (Å²) in [5, 5.41) is 12.0.